The molecule has 0 spiro atoms. The number of ether oxygens (including phenoxy) is 4. The van der Waals surface area contributed by atoms with Gasteiger partial charge in [0.1, 0.15) is 48.8 Å². The van der Waals surface area contributed by atoms with Crippen LogP contribution in [0.3, 0.4) is 0 Å². The highest BCUT2D eigenvalue weighted by atomic mass is 16.7. The minimum Gasteiger partial charge on any atom is -0.394 e. The lowest BCUT2D eigenvalue weighted by atomic mass is 9.97. The van der Waals surface area contributed by atoms with Gasteiger partial charge in [0.2, 0.25) is 5.91 Å². The molecule has 2 heterocycles. The van der Waals surface area contributed by atoms with E-state index < -0.39 is 86.8 Å². The Kier molecular flexibility index (Phi) is 52.1. The van der Waals surface area contributed by atoms with Gasteiger partial charge in [-0.15, -0.1) is 0 Å². The van der Waals surface area contributed by atoms with E-state index in [-0.39, 0.29) is 18.9 Å². The number of hydrogen-bond donors (Lipinski definition) is 9. The summed E-state index contributed by atoms with van der Waals surface area (Å²) < 4.78 is 22.7. The van der Waals surface area contributed by atoms with Crippen LogP contribution in [0.15, 0.2) is 48.6 Å². The molecule has 2 rings (SSSR count). The zero-order valence-electron chi connectivity index (χ0n) is 54.1. The third-order valence-corrected chi connectivity index (χ3v) is 17.2. The molecule has 2 aliphatic heterocycles. The van der Waals surface area contributed by atoms with Crippen molar-refractivity contribution in [3.8, 4) is 0 Å². The number of aliphatic hydroxyl groups is 8. The maximum Gasteiger partial charge on any atom is 0.220 e. The first-order valence-electron chi connectivity index (χ1n) is 35.4. The Balaban J connectivity index is 1.50. The van der Waals surface area contributed by atoms with Crippen LogP contribution in [0.1, 0.15) is 303 Å². The van der Waals surface area contributed by atoms with Gasteiger partial charge in [-0.2, -0.15) is 0 Å². The highest BCUT2D eigenvalue weighted by molar-refractivity contribution is 5.76. The fourth-order valence-electron chi connectivity index (χ4n) is 11.6. The molecule has 14 heteroatoms. The molecule has 9 N–H and O–H groups in total. The molecule has 498 valence electrons. The monoisotopic (exact) mass is 1210 g/mol. The van der Waals surface area contributed by atoms with Crippen molar-refractivity contribution in [2.45, 2.75) is 376 Å². The van der Waals surface area contributed by atoms with E-state index in [1.807, 2.05) is 6.08 Å². The van der Waals surface area contributed by atoms with Crippen molar-refractivity contribution < 1.29 is 64.6 Å². The molecule has 2 fully saturated rings. The van der Waals surface area contributed by atoms with Crippen LogP contribution in [0, 0.1) is 0 Å². The van der Waals surface area contributed by atoms with Gasteiger partial charge in [0.15, 0.2) is 12.6 Å². The Bertz CT molecular complexity index is 1610. The van der Waals surface area contributed by atoms with Gasteiger partial charge in [0.25, 0.3) is 0 Å². The summed E-state index contributed by atoms with van der Waals surface area (Å²) in [5.41, 5.74) is 0. The molecule has 0 aliphatic carbocycles. The van der Waals surface area contributed by atoms with Crippen LogP contribution < -0.4 is 5.32 Å². The second-order valence-electron chi connectivity index (χ2n) is 25.0. The summed E-state index contributed by atoms with van der Waals surface area (Å²) in [4.78, 5) is 13.2. The summed E-state index contributed by atoms with van der Waals surface area (Å²) >= 11 is 0. The van der Waals surface area contributed by atoms with E-state index >= 15 is 0 Å². The van der Waals surface area contributed by atoms with E-state index in [2.05, 4.69) is 55.6 Å². The summed E-state index contributed by atoms with van der Waals surface area (Å²) in [5.74, 6) is -0.252. The van der Waals surface area contributed by atoms with Gasteiger partial charge >= 0.3 is 0 Å². The van der Waals surface area contributed by atoms with Gasteiger partial charge < -0.3 is 65.1 Å². The molecule has 0 bridgehead atoms. The van der Waals surface area contributed by atoms with Gasteiger partial charge in [0, 0.05) is 6.42 Å². The van der Waals surface area contributed by atoms with Crippen molar-refractivity contribution in [3.63, 3.8) is 0 Å². The molecule has 2 saturated heterocycles. The average molecular weight is 1210 g/mol. The van der Waals surface area contributed by atoms with Crippen LogP contribution >= 0.6 is 0 Å². The Labute approximate surface area is 518 Å². The third kappa shape index (κ3) is 40.3. The van der Waals surface area contributed by atoms with E-state index in [9.17, 15) is 45.6 Å². The van der Waals surface area contributed by atoms with Crippen molar-refractivity contribution in [2.75, 3.05) is 19.8 Å². The van der Waals surface area contributed by atoms with Crippen LogP contribution in [0.2, 0.25) is 0 Å². The quantitative estimate of drug-likeness (QED) is 0.0204. The third-order valence-electron chi connectivity index (χ3n) is 17.2. The molecule has 2 aliphatic rings. The largest absolute Gasteiger partial charge is 0.394 e. The maximum absolute atomic E-state index is 13.2. The SMILES string of the molecule is CC/C=C/CC/C=C/CC/C=C/C(O)C(COC1OC(CO)C(OC2OC(CO)C(O)C(O)C2O)C(O)C1O)NC(=O)CCCCCCCCCCCCCCCCCCCCCCCCCCCCCCC/C=C\CCCCCCCCCC. The first kappa shape index (κ1) is 79.0. The van der Waals surface area contributed by atoms with Crippen molar-refractivity contribution >= 4 is 5.91 Å². The zero-order chi connectivity index (χ0) is 61.6. The standard InChI is InChI=1S/C71H131NO13/c1-3-5-7-9-11-13-15-16-17-18-19-20-21-22-23-24-25-26-27-28-29-30-31-32-33-34-35-36-37-38-39-40-41-42-43-44-45-47-49-51-53-55-63(76)72-59(60(75)54-52-50-48-46-14-12-10-8-6-4-2)58-82-70-68(81)66(79)69(62(57-74)84-70)85-71-67(80)65(78)64(77)61(56-73)83-71/h6,8,14,18-19,46,52,54,59-62,64-71,73-75,77-81H,3-5,7,9-13,15-17,20-45,47-51,53,55-58H2,1-2H3,(H,72,76)/b8-6+,19-18-,46-14+,54-52+. The summed E-state index contributed by atoms with van der Waals surface area (Å²) in [6.45, 7) is 2.66. The lowest BCUT2D eigenvalue weighted by molar-refractivity contribution is -0.359. The van der Waals surface area contributed by atoms with E-state index in [1.54, 1.807) is 6.08 Å². The minimum absolute atomic E-state index is 0.252. The van der Waals surface area contributed by atoms with Crippen LogP contribution in [0.4, 0.5) is 0 Å². The van der Waals surface area contributed by atoms with Gasteiger partial charge in [0.05, 0.1) is 32.0 Å². The summed E-state index contributed by atoms with van der Waals surface area (Å²) in [5, 5.41) is 86.9. The number of hydrogen-bond acceptors (Lipinski definition) is 13. The second-order valence-corrected chi connectivity index (χ2v) is 25.0. The second kappa shape index (κ2) is 56.0. The number of carbonyl (C=O) groups is 1. The molecular formula is C71H131NO13. The molecular weight excluding hydrogens is 1070 g/mol. The van der Waals surface area contributed by atoms with Crippen LogP contribution in [0.25, 0.3) is 0 Å². The number of rotatable bonds is 58. The molecule has 0 aromatic carbocycles. The minimum atomic E-state index is -1.79. The zero-order valence-corrected chi connectivity index (χ0v) is 54.1. The topological polar surface area (TPSA) is 228 Å². The molecule has 0 radical (unpaired) electrons. The van der Waals surface area contributed by atoms with Gasteiger partial charge in [-0.25, -0.2) is 0 Å². The first-order chi connectivity index (χ1) is 41.6. The smallest absolute Gasteiger partial charge is 0.220 e. The van der Waals surface area contributed by atoms with E-state index in [0.717, 1.165) is 44.9 Å². The van der Waals surface area contributed by atoms with Gasteiger partial charge in [-0.1, -0.05) is 281 Å². The van der Waals surface area contributed by atoms with Gasteiger partial charge in [-0.05, 0) is 64.2 Å². The van der Waals surface area contributed by atoms with Crippen molar-refractivity contribution in [1.29, 1.82) is 0 Å². The van der Waals surface area contributed by atoms with Gasteiger partial charge in [-0.3, -0.25) is 4.79 Å². The number of amides is 1. The molecule has 1 amide bonds. The molecule has 14 nitrogen and oxygen atoms in total. The fourth-order valence-corrected chi connectivity index (χ4v) is 11.6. The Hall–Kier alpha value is -2.05. The van der Waals surface area contributed by atoms with Crippen LogP contribution in [0.5, 0.6) is 0 Å². The highest BCUT2D eigenvalue weighted by Crippen LogP contribution is 2.30. The van der Waals surface area contributed by atoms with E-state index in [0.29, 0.717) is 12.8 Å². The predicted octanol–water partition coefficient (Wildman–Crippen LogP) is 14.3. The normalized spacial score (nSPS) is 23.8. The first-order valence-corrected chi connectivity index (χ1v) is 35.4. The summed E-state index contributed by atoms with van der Waals surface area (Å²) in [6.07, 6.45) is 56.8. The Morgan fingerprint density at radius 1 is 0.424 bits per heavy atom. The highest BCUT2D eigenvalue weighted by Gasteiger charge is 2.51. The Morgan fingerprint density at radius 3 is 1.21 bits per heavy atom. The number of aliphatic hydroxyl groups excluding tert-OH is 8. The summed E-state index contributed by atoms with van der Waals surface area (Å²) in [6, 6.07) is -0.935. The number of carbonyl (C=O) groups excluding carboxylic acids is 1. The van der Waals surface area contributed by atoms with Crippen molar-refractivity contribution in [2.24, 2.45) is 0 Å². The molecule has 0 aromatic rings. The number of unbranched alkanes of at least 4 members (excludes halogenated alkanes) is 39. The number of allylic oxidation sites excluding steroid dienone is 7. The van der Waals surface area contributed by atoms with Crippen LogP contribution in [-0.4, -0.2) is 140 Å². The maximum atomic E-state index is 13.2. The average Bonchev–Trinajstić information content (AvgIpc) is 3.25. The van der Waals surface area contributed by atoms with E-state index in [4.69, 9.17) is 18.9 Å². The molecule has 12 atom stereocenters. The summed E-state index contributed by atoms with van der Waals surface area (Å²) in [7, 11) is 0. The van der Waals surface area contributed by atoms with E-state index in [1.165, 1.54) is 225 Å². The van der Waals surface area contributed by atoms with Crippen molar-refractivity contribution in [1.82, 2.24) is 5.32 Å². The Morgan fingerprint density at radius 2 is 0.788 bits per heavy atom. The molecule has 0 saturated carbocycles. The molecule has 0 aromatic heterocycles. The molecule has 12 unspecified atom stereocenters. The fraction of sp³-hybridized carbons (Fsp3) is 0.873. The predicted molar refractivity (Wildman–Crippen MR) is 346 cm³/mol. The lowest BCUT2D eigenvalue weighted by Crippen LogP contribution is -2.65. The van der Waals surface area contributed by atoms with Crippen molar-refractivity contribution in [3.05, 3.63) is 48.6 Å². The molecule has 85 heavy (non-hydrogen) atoms. The number of nitrogens with one attached hydrogen (secondary N) is 1. The lowest BCUT2D eigenvalue weighted by Gasteiger charge is -2.46. The van der Waals surface area contributed by atoms with Crippen LogP contribution in [-0.2, 0) is 23.7 Å².